The average Bonchev–Trinajstić information content (AvgIpc) is 2.96. The van der Waals surface area contributed by atoms with Gasteiger partial charge in [-0.2, -0.15) is 0 Å². The molecule has 3 aromatic rings. The van der Waals surface area contributed by atoms with Crippen molar-refractivity contribution in [3.05, 3.63) is 65.0 Å². The van der Waals surface area contributed by atoms with Crippen LogP contribution in [0.3, 0.4) is 0 Å². The Morgan fingerprint density at radius 2 is 2.00 bits per heavy atom. The Morgan fingerprint density at radius 3 is 2.72 bits per heavy atom. The SMILES string of the molecule is COc1ccc(Cl)cc1NC(=O)Cc1oc(-c2ccccc2)nc1C. The van der Waals surface area contributed by atoms with Gasteiger partial charge in [0.25, 0.3) is 0 Å². The summed E-state index contributed by atoms with van der Waals surface area (Å²) in [5.41, 5.74) is 2.07. The Balaban J connectivity index is 1.76. The average molecular weight is 357 g/mol. The molecule has 0 spiro atoms. The van der Waals surface area contributed by atoms with Crippen LogP contribution in [0.25, 0.3) is 11.5 Å². The van der Waals surface area contributed by atoms with Crippen LogP contribution in [-0.4, -0.2) is 18.0 Å². The highest BCUT2D eigenvalue weighted by atomic mass is 35.5. The van der Waals surface area contributed by atoms with Gasteiger partial charge in [-0.05, 0) is 37.3 Å². The Labute approximate surface area is 150 Å². The van der Waals surface area contributed by atoms with Crippen molar-refractivity contribution >= 4 is 23.2 Å². The number of benzene rings is 2. The van der Waals surface area contributed by atoms with Crippen LogP contribution in [0.15, 0.2) is 52.9 Å². The molecule has 1 amide bonds. The summed E-state index contributed by atoms with van der Waals surface area (Å²) in [4.78, 5) is 16.8. The first kappa shape index (κ1) is 17.0. The molecule has 1 N–H and O–H groups in total. The lowest BCUT2D eigenvalue weighted by Gasteiger charge is -2.10. The summed E-state index contributed by atoms with van der Waals surface area (Å²) in [5.74, 6) is 1.33. The molecule has 0 aliphatic rings. The zero-order valence-corrected chi connectivity index (χ0v) is 14.6. The first-order chi connectivity index (χ1) is 12.1. The van der Waals surface area contributed by atoms with E-state index in [9.17, 15) is 4.79 Å². The number of halogens is 1. The molecular formula is C19H17ClN2O3. The molecule has 0 aliphatic heterocycles. The van der Waals surface area contributed by atoms with Crippen LogP contribution in [0.5, 0.6) is 5.75 Å². The molecule has 6 heteroatoms. The molecule has 3 rings (SSSR count). The van der Waals surface area contributed by atoms with E-state index in [0.717, 1.165) is 5.56 Å². The van der Waals surface area contributed by atoms with Gasteiger partial charge in [-0.3, -0.25) is 4.79 Å². The maximum Gasteiger partial charge on any atom is 0.232 e. The van der Waals surface area contributed by atoms with Crippen molar-refractivity contribution in [3.8, 4) is 17.2 Å². The van der Waals surface area contributed by atoms with Gasteiger partial charge in [0.2, 0.25) is 11.8 Å². The van der Waals surface area contributed by atoms with E-state index >= 15 is 0 Å². The number of aromatic nitrogens is 1. The number of amides is 1. The second kappa shape index (κ2) is 7.40. The predicted octanol–water partition coefficient (Wildman–Crippen LogP) is 4.49. The Bertz CT molecular complexity index is 891. The zero-order chi connectivity index (χ0) is 17.8. The van der Waals surface area contributed by atoms with Gasteiger partial charge in [0.15, 0.2) is 0 Å². The van der Waals surface area contributed by atoms with Gasteiger partial charge in [0, 0.05) is 10.6 Å². The number of anilines is 1. The topological polar surface area (TPSA) is 64.4 Å². The fourth-order valence-electron chi connectivity index (χ4n) is 2.41. The van der Waals surface area contributed by atoms with Crippen molar-refractivity contribution < 1.29 is 13.9 Å². The van der Waals surface area contributed by atoms with Crippen LogP contribution in [0.4, 0.5) is 5.69 Å². The van der Waals surface area contributed by atoms with Crippen molar-refractivity contribution in [1.29, 1.82) is 0 Å². The smallest absolute Gasteiger partial charge is 0.232 e. The minimum absolute atomic E-state index is 0.0708. The molecule has 128 valence electrons. The Morgan fingerprint density at radius 1 is 1.24 bits per heavy atom. The third-order valence-corrected chi connectivity index (χ3v) is 3.91. The molecule has 5 nitrogen and oxygen atoms in total. The van der Waals surface area contributed by atoms with E-state index in [2.05, 4.69) is 10.3 Å². The standard InChI is InChI=1S/C19H17ClN2O3/c1-12-17(25-19(21-12)13-6-4-3-5-7-13)11-18(23)22-15-10-14(20)8-9-16(15)24-2/h3-10H,11H2,1-2H3,(H,22,23). The van der Waals surface area contributed by atoms with E-state index in [1.165, 1.54) is 7.11 Å². The zero-order valence-electron chi connectivity index (χ0n) is 13.9. The van der Waals surface area contributed by atoms with Gasteiger partial charge >= 0.3 is 0 Å². The first-order valence-corrected chi connectivity index (χ1v) is 8.09. The van der Waals surface area contributed by atoms with Gasteiger partial charge < -0.3 is 14.5 Å². The van der Waals surface area contributed by atoms with Gasteiger partial charge in [-0.15, -0.1) is 0 Å². The number of nitrogens with zero attached hydrogens (tertiary/aromatic N) is 1. The van der Waals surface area contributed by atoms with E-state index in [1.807, 2.05) is 37.3 Å². The number of hydrogen-bond acceptors (Lipinski definition) is 4. The fraction of sp³-hybridized carbons (Fsp3) is 0.158. The molecular weight excluding hydrogens is 340 g/mol. The maximum atomic E-state index is 12.4. The molecule has 25 heavy (non-hydrogen) atoms. The number of carbonyl (C=O) groups is 1. The molecule has 0 fully saturated rings. The second-order valence-electron chi connectivity index (χ2n) is 5.46. The number of carbonyl (C=O) groups excluding carboxylic acids is 1. The summed E-state index contributed by atoms with van der Waals surface area (Å²) in [5, 5.41) is 3.30. The van der Waals surface area contributed by atoms with Crippen molar-refractivity contribution in [2.45, 2.75) is 13.3 Å². The molecule has 0 aliphatic carbocycles. The predicted molar refractivity (Wildman–Crippen MR) is 97.0 cm³/mol. The summed E-state index contributed by atoms with van der Waals surface area (Å²) in [7, 11) is 1.53. The highest BCUT2D eigenvalue weighted by Gasteiger charge is 2.16. The third-order valence-electron chi connectivity index (χ3n) is 3.67. The first-order valence-electron chi connectivity index (χ1n) is 7.72. The van der Waals surface area contributed by atoms with Crippen LogP contribution >= 0.6 is 11.6 Å². The van der Waals surface area contributed by atoms with E-state index in [-0.39, 0.29) is 12.3 Å². The molecule has 2 aromatic carbocycles. The Kier molecular flexibility index (Phi) is 5.05. The van der Waals surface area contributed by atoms with Crippen molar-refractivity contribution in [1.82, 2.24) is 4.98 Å². The number of hydrogen-bond donors (Lipinski definition) is 1. The van der Waals surface area contributed by atoms with Crippen LogP contribution in [0, 0.1) is 6.92 Å². The monoisotopic (exact) mass is 356 g/mol. The molecule has 0 unspecified atom stereocenters. The van der Waals surface area contributed by atoms with Crippen LogP contribution in [0.1, 0.15) is 11.5 Å². The molecule has 0 saturated carbocycles. The normalized spacial score (nSPS) is 10.5. The van der Waals surface area contributed by atoms with Crippen LogP contribution < -0.4 is 10.1 Å². The van der Waals surface area contributed by atoms with Gasteiger partial charge in [-0.25, -0.2) is 4.98 Å². The van der Waals surface area contributed by atoms with E-state index < -0.39 is 0 Å². The van der Waals surface area contributed by atoms with E-state index in [0.29, 0.717) is 33.8 Å². The van der Waals surface area contributed by atoms with Gasteiger partial charge in [0.05, 0.1) is 24.9 Å². The largest absolute Gasteiger partial charge is 0.495 e. The maximum absolute atomic E-state index is 12.4. The lowest BCUT2D eigenvalue weighted by atomic mass is 10.2. The summed E-state index contributed by atoms with van der Waals surface area (Å²) in [6.45, 7) is 1.82. The lowest BCUT2D eigenvalue weighted by Crippen LogP contribution is -2.15. The van der Waals surface area contributed by atoms with Crippen molar-refractivity contribution in [3.63, 3.8) is 0 Å². The number of oxazole rings is 1. The second-order valence-corrected chi connectivity index (χ2v) is 5.90. The fourth-order valence-corrected chi connectivity index (χ4v) is 2.59. The third kappa shape index (κ3) is 4.00. The van der Waals surface area contributed by atoms with Crippen molar-refractivity contribution in [2.24, 2.45) is 0 Å². The highest BCUT2D eigenvalue weighted by Crippen LogP contribution is 2.28. The quantitative estimate of drug-likeness (QED) is 0.731. The number of ether oxygens (including phenoxy) is 1. The summed E-state index contributed by atoms with van der Waals surface area (Å²) in [6.07, 6.45) is 0.0708. The summed E-state index contributed by atoms with van der Waals surface area (Å²) >= 11 is 5.98. The number of nitrogens with one attached hydrogen (secondary N) is 1. The van der Waals surface area contributed by atoms with Crippen LogP contribution in [0.2, 0.25) is 5.02 Å². The molecule has 0 saturated heterocycles. The number of rotatable bonds is 5. The number of methoxy groups -OCH3 is 1. The van der Waals surface area contributed by atoms with Crippen molar-refractivity contribution in [2.75, 3.05) is 12.4 Å². The van der Waals surface area contributed by atoms with Gasteiger partial charge in [-0.1, -0.05) is 29.8 Å². The molecule has 1 aromatic heterocycles. The molecule has 0 atom stereocenters. The summed E-state index contributed by atoms with van der Waals surface area (Å²) < 4.78 is 11.0. The lowest BCUT2D eigenvalue weighted by molar-refractivity contribution is -0.115. The Hall–Kier alpha value is -2.79. The van der Waals surface area contributed by atoms with Gasteiger partial charge in [0.1, 0.15) is 11.5 Å². The molecule has 1 heterocycles. The highest BCUT2D eigenvalue weighted by molar-refractivity contribution is 6.31. The number of aryl methyl sites for hydroxylation is 1. The van der Waals surface area contributed by atoms with E-state index in [1.54, 1.807) is 18.2 Å². The summed E-state index contributed by atoms with van der Waals surface area (Å²) in [6, 6.07) is 14.6. The minimum atomic E-state index is -0.237. The molecule has 0 radical (unpaired) electrons. The minimum Gasteiger partial charge on any atom is -0.495 e. The van der Waals surface area contributed by atoms with E-state index in [4.69, 9.17) is 20.8 Å². The van der Waals surface area contributed by atoms with Crippen LogP contribution in [-0.2, 0) is 11.2 Å². The molecule has 0 bridgehead atoms.